The fourth-order valence-corrected chi connectivity index (χ4v) is 1.75. The van der Waals surface area contributed by atoms with Crippen molar-refractivity contribution in [1.82, 2.24) is 15.1 Å². The maximum Gasteiger partial charge on any atom is 0.0534 e. The predicted octanol–water partition coefficient (Wildman–Crippen LogP) is 2.18. The first-order valence-corrected chi connectivity index (χ1v) is 5.94. The molecule has 3 nitrogen and oxygen atoms in total. The maximum atomic E-state index is 4.31. The quantitative estimate of drug-likeness (QED) is 0.775. The lowest BCUT2D eigenvalue weighted by atomic mass is 10.1. The Bertz CT molecular complexity index is 312. The summed E-state index contributed by atoms with van der Waals surface area (Å²) in [6, 6.07) is 0. The summed E-state index contributed by atoms with van der Waals surface area (Å²) in [4.78, 5) is 0. The molecule has 1 fully saturated rings. The number of nitrogens with zero attached hydrogens (tertiary/aromatic N) is 2. The molecule has 0 aromatic carbocycles. The van der Waals surface area contributed by atoms with Crippen LogP contribution in [-0.2, 0) is 13.1 Å². The van der Waals surface area contributed by atoms with Crippen molar-refractivity contribution < 1.29 is 0 Å². The molecular formula is C12H21N3. The van der Waals surface area contributed by atoms with Crippen molar-refractivity contribution in [3.8, 4) is 0 Å². The molecule has 0 unspecified atom stereocenters. The molecule has 1 saturated carbocycles. The van der Waals surface area contributed by atoms with Crippen LogP contribution in [0.15, 0.2) is 12.4 Å². The van der Waals surface area contributed by atoms with E-state index in [-0.39, 0.29) is 0 Å². The monoisotopic (exact) mass is 207 g/mol. The van der Waals surface area contributed by atoms with E-state index < -0.39 is 0 Å². The zero-order valence-corrected chi connectivity index (χ0v) is 9.79. The van der Waals surface area contributed by atoms with Crippen LogP contribution in [0.3, 0.4) is 0 Å². The summed E-state index contributed by atoms with van der Waals surface area (Å²) in [6.45, 7) is 7.65. The van der Waals surface area contributed by atoms with Crippen LogP contribution in [0.2, 0.25) is 0 Å². The molecule has 1 aliphatic rings. The molecule has 0 saturated heterocycles. The van der Waals surface area contributed by atoms with Gasteiger partial charge in [-0.3, -0.25) is 4.68 Å². The van der Waals surface area contributed by atoms with Crippen LogP contribution < -0.4 is 5.32 Å². The third kappa shape index (κ3) is 3.06. The third-order valence-corrected chi connectivity index (χ3v) is 3.12. The van der Waals surface area contributed by atoms with Gasteiger partial charge in [0.2, 0.25) is 0 Å². The summed E-state index contributed by atoms with van der Waals surface area (Å²) in [5.41, 5.74) is 1.90. The van der Waals surface area contributed by atoms with Crippen molar-refractivity contribution in [2.45, 2.75) is 46.2 Å². The third-order valence-electron chi connectivity index (χ3n) is 3.12. The molecule has 1 heterocycles. The van der Waals surface area contributed by atoms with Gasteiger partial charge in [-0.15, -0.1) is 0 Å². The average Bonchev–Trinajstić information content (AvgIpc) is 2.76. The molecule has 2 rings (SSSR count). The zero-order chi connectivity index (χ0) is 10.7. The first-order valence-electron chi connectivity index (χ1n) is 5.94. The largest absolute Gasteiger partial charge is 0.312 e. The summed E-state index contributed by atoms with van der Waals surface area (Å²) in [7, 11) is 0. The minimum absolute atomic E-state index is 0.597. The summed E-state index contributed by atoms with van der Waals surface area (Å²) >= 11 is 0. The van der Waals surface area contributed by atoms with Crippen LogP contribution in [0.4, 0.5) is 0 Å². The van der Waals surface area contributed by atoms with Gasteiger partial charge >= 0.3 is 0 Å². The molecule has 0 radical (unpaired) electrons. The van der Waals surface area contributed by atoms with Crippen molar-refractivity contribution in [3.05, 3.63) is 18.0 Å². The van der Waals surface area contributed by atoms with E-state index in [1.165, 1.54) is 18.4 Å². The Labute approximate surface area is 91.9 Å². The van der Waals surface area contributed by atoms with Gasteiger partial charge in [-0.25, -0.2) is 0 Å². The number of aryl methyl sites for hydroxylation is 1. The number of rotatable bonds is 6. The lowest BCUT2D eigenvalue weighted by Gasteiger charge is -2.08. The summed E-state index contributed by atoms with van der Waals surface area (Å²) in [6.07, 6.45) is 8.03. The number of hydrogen-bond acceptors (Lipinski definition) is 2. The van der Waals surface area contributed by atoms with Gasteiger partial charge in [-0.1, -0.05) is 13.8 Å². The van der Waals surface area contributed by atoms with Crippen LogP contribution in [0.25, 0.3) is 0 Å². The lowest BCUT2D eigenvalue weighted by Crippen LogP contribution is -2.21. The minimum Gasteiger partial charge on any atom is -0.312 e. The maximum absolute atomic E-state index is 4.31. The topological polar surface area (TPSA) is 29.9 Å². The predicted molar refractivity (Wildman–Crippen MR) is 61.6 cm³/mol. The van der Waals surface area contributed by atoms with Gasteiger partial charge in [0.1, 0.15) is 0 Å². The second kappa shape index (κ2) is 4.35. The molecule has 1 aromatic heterocycles. The second-order valence-electron chi connectivity index (χ2n) is 5.03. The van der Waals surface area contributed by atoms with Gasteiger partial charge in [0, 0.05) is 31.4 Å². The number of hydrogen-bond donors (Lipinski definition) is 1. The molecule has 1 N–H and O–H groups in total. The van der Waals surface area contributed by atoms with E-state index >= 15 is 0 Å². The highest BCUT2D eigenvalue weighted by atomic mass is 15.3. The Morgan fingerprint density at radius 2 is 2.33 bits per heavy atom. The normalized spacial score (nSPS) is 18.0. The van der Waals surface area contributed by atoms with Gasteiger partial charge in [0.05, 0.1) is 6.20 Å². The Morgan fingerprint density at radius 3 is 3.00 bits per heavy atom. The summed E-state index contributed by atoms with van der Waals surface area (Å²) in [5.74, 6) is 0. The van der Waals surface area contributed by atoms with Gasteiger partial charge in [0.15, 0.2) is 0 Å². The fourth-order valence-electron chi connectivity index (χ4n) is 1.75. The van der Waals surface area contributed by atoms with E-state index in [1.54, 1.807) is 0 Å². The zero-order valence-electron chi connectivity index (χ0n) is 9.79. The molecule has 0 bridgehead atoms. The van der Waals surface area contributed by atoms with Crippen molar-refractivity contribution in [2.75, 3.05) is 6.54 Å². The van der Waals surface area contributed by atoms with E-state index in [2.05, 4.69) is 30.5 Å². The lowest BCUT2D eigenvalue weighted by molar-refractivity contribution is 0.499. The number of aromatic nitrogens is 2. The van der Waals surface area contributed by atoms with Crippen LogP contribution in [0.5, 0.6) is 0 Å². The van der Waals surface area contributed by atoms with Crippen LogP contribution in [-0.4, -0.2) is 16.3 Å². The van der Waals surface area contributed by atoms with E-state index in [1.807, 2.05) is 10.9 Å². The highest BCUT2D eigenvalue weighted by Crippen LogP contribution is 2.44. The molecule has 0 aliphatic heterocycles. The molecule has 15 heavy (non-hydrogen) atoms. The van der Waals surface area contributed by atoms with Crippen molar-refractivity contribution in [2.24, 2.45) is 5.41 Å². The standard InChI is InChI=1S/C12H21N3/c1-3-6-15-9-11(8-14-15)7-13-10-12(2)4-5-12/h8-9,13H,3-7,10H2,1-2H3. The van der Waals surface area contributed by atoms with Crippen molar-refractivity contribution >= 4 is 0 Å². The number of nitrogens with one attached hydrogen (secondary N) is 1. The first kappa shape index (κ1) is 10.7. The highest BCUT2D eigenvalue weighted by Gasteiger charge is 2.36. The van der Waals surface area contributed by atoms with Crippen molar-refractivity contribution in [1.29, 1.82) is 0 Å². The van der Waals surface area contributed by atoms with Crippen LogP contribution >= 0.6 is 0 Å². The van der Waals surface area contributed by atoms with Gasteiger partial charge in [-0.2, -0.15) is 5.10 Å². The smallest absolute Gasteiger partial charge is 0.0534 e. The Hall–Kier alpha value is -0.830. The summed E-state index contributed by atoms with van der Waals surface area (Å²) < 4.78 is 2.02. The molecular weight excluding hydrogens is 186 g/mol. The molecule has 3 heteroatoms. The minimum atomic E-state index is 0.597. The van der Waals surface area contributed by atoms with Crippen LogP contribution in [0.1, 0.15) is 38.7 Å². The van der Waals surface area contributed by atoms with Crippen LogP contribution in [0, 0.1) is 5.41 Å². The van der Waals surface area contributed by atoms with E-state index in [4.69, 9.17) is 0 Å². The van der Waals surface area contributed by atoms with Crippen molar-refractivity contribution in [3.63, 3.8) is 0 Å². The molecule has 0 spiro atoms. The Balaban J connectivity index is 1.73. The fraction of sp³-hybridized carbons (Fsp3) is 0.750. The van der Waals surface area contributed by atoms with Gasteiger partial charge < -0.3 is 5.32 Å². The molecule has 1 aliphatic carbocycles. The van der Waals surface area contributed by atoms with E-state index in [0.717, 1.165) is 26.1 Å². The first-order chi connectivity index (χ1) is 7.22. The molecule has 1 aromatic rings. The van der Waals surface area contributed by atoms with E-state index in [0.29, 0.717) is 5.41 Å². The SMILES string of the molecule is CCCn1cc(CNCC2(C)CC2)cn1. The molecule has 0 amide bonds. The average molecular weight is 207 g/mol. The Kier molecular flexibility index (Phi) is 3.10. The van der Waals surface area contributed by atoms with E-state index in [9.17, 15) is 0 Å². The Morgan fingerprint density at radius 1 is 1.53 bits per heavy atom. The highest BCUT2D eigenvalue weighted by molar-refractivity contribution is 5.03. The second-order valence-corrected chi connectivity index (χ2v) is 5.03. The molecule has 0 atom stereocenters. The molecule has 84 valence electrons. The van der Waals surface area contributed by atoms with Gasteiger partial charge in [-0.05, 0) is 24.7 Å². The summed E-state index contributed by atoms with van der Waals surface area (Å²) in [5, 5.41) is 7.82. The van der Waals surface area contributed by atoms with Gasteiger partial charge in [0.25, 0.3) is 0 Å².